The first kappa shape index (κ1) is 11.5. The van der Waals surface area contributed by atoms with Crippen LogP contribution in [0.1, 0.15) is 26.2 Å². The van der Waals surface area contributed by atoms with E-state index in [9.17, 15) is 9.59 Å². The highest BCUT2D eigenvalue weighted by Crippen LogP contribution is 2.24. The van der Waals surface area contributed by atoms with Gasteiger partial charge < -0.3 is 5.32 Å². The van der Waals surface area contributed by atoms with Crippen molar-refractivity contribution in [2.24, 2.45) is 0 Å². The summed E-state index contributed by atoms with van der Waals surface area (Å²) in [6.07, 6.45) is 2.36. The maximum absolute atomic E-state index is 11.5. The number of hydrogen-bond acceptors (Lipinski definition) is 4. The first-order valence-corrected chi connectivity index (χ1v) is 5.81. The number of carbonyl (C=O) groups excluding carboxylic acids is 2. The van der Waals surface area contributed by atoms with Crippen LogP contribution in [0.5, 0.6) is 0 Å². The summed E-state index contributed by atoms with van der Waals surface area (Å²) in [7, 11) is 1.97. The van der Waals surface area contributed by atoms with Crippen molar-refractivity contribution in [3.05, 3.63) is 0 Å². The quantitative estimate of drug-likeness (QED) is 0.621. The molecule has 2 N–H and O–H groups in total. The molecule has 2 heterocycles. The van der Waals surface area contributed by atoms with Crippen molar-refractivity contribution >= 4 is 11.8 Å². The van der Waals surface area contributed by atoms with E-state index in [1.165, 1.54) is 0 Å². The molecule has 0 saturated carbocycles. The van der Waals surface area contributed by atoms with Gasteiger partial charge in [-0.1, -0.05) is 0 Å². The lowest BCUT2D eigenvalue weighted by Gasteiger charge is -2.40. The van der Waals surface area contributed by atoms with Gasteiger partial charge in [0.05, 0.1) is 12.5 Å². The molecular weight excluding hydrogens is 206 g/mol. The maximum Gasteiger partial charge on any atom is 0.244 e. The van der Waals surface area contributed by atoms with Crippen molar-refractivity contribution in [2.45, 2.75) is 37.8 Å². The molecule has 0 aliphatic carbocycles. The zero-order chi connectivity index (χ0) is 11.8. The van der Waals surface area contributed by atoms with Crippen LogP contribution in [0.15, 0.2) is 0 Å². The molecule has 90 valence electrons. The largest absolute Gasteiger partial charge is 0.314 e. The minimum atomic E-state index is -0.228. The topological polar surface area (TPSA) is 61.4 Å². The summed E-state index contributed by atoms with van der Waals surface area (Å²) in [4.78, 5) is 24.8. The Morgan fingerprint density at radius 3 is 2.44 bits per heavy atom. The predicted molar refractivity (Wildman–Crippen MR) is 59.8 cm³/mol. The number of piperidine rings is 1. The average molecular weight is 225 g/mol. The number of carbonyl (C=O) groups is 2. The van der Waals surface area contributed by atoms with Gasteiger partial charge >= 0.3 is 0 Å². The molecule has 5 heteroatoms. The van der Waals surface area contributed by atoms with E-state index in [4.69, 9.17) is 0 Å². The third-order valence-electron chi connectivity index (χ3n) is 3.89. The lowest BCUT2D eigenvalue weighted by atomic mass is 9.89. The van der Waals surface area contributed by atoms with Gasteiger partial charge in [0, 0.05) is 18.6 Å². The van der Waals surface area contributed by atoms with Gasteiger partial charge in [-0.3, -0.25) is 19.8 Å². The van der Waals surface area contributed by atoms with Crippen LogP contribution in [-0.4, -0.2) is 48.4 Å². The van der Waals surface area contributed by atoms with Gasteiger partial charge in [-0.05, 0) is 26.8 Å². The van der Waals surface area contributed by atoms with Crippen LogP contribution >= 0.6 is 0 Å². The van der Waals surface area contributed by atoms with Gasteiger partial charge in [-0.2, -0.15) is 0 Å². The maximum atomic E-state index is 11.5. The first-order valence-electron chi connectivity index (χ1n) is 5.81. The third-order valence-corrected chi connectivity index (χ3v) is 3.89. The number of hydrogen-bond donors (Lipinski definition) is 2. The Morgan fingerprint density at radius 1 is 1.38 bits per heavy atom. The fourth-order valence-electron chi connectivity index (χ4n) is 2.41. The normalized spacial score (nSPS) is 30.5. The van der Waals surface area contributed by atoms with Crippen molar-refractivity contribution < 1.29 is 9.59 Å². The number of rotatable bonds is 2. The highest BCUT2D eigenvalue weighted by atomic mass is 16.2. The highest BCUT2D eigenvalue weighted by molar-refractivity contribution is 6.05. The summed E-state index contributed by atoms with van der Waals surface area (Å²) in [6.45, 7) is 3.95. The molecule has 0 bridgehead atoms. The van der Waals surface area contributed by atoms with Crippen molar-refractivity contribution in [3.8, 4) is 0 Å². The number of imide groups is 1. The first-order chi connectivity index (χ1) is 7.54. The SMILES string of the molecule is CNC1(C)CCN(C2CC(=O)NC2=O)CC1. The second kappa shape index (κ2) is 4.14. The second-order valence-corrected chi connectivity index (χ2v) is 4.98. The number of nitrogens with one attached hydrogen (secondary N) is 2. The van der Waals surface area contributed by atoms with E-state index in [0.717, 1.165) is 25.9 Å². The summed E-state index contributed by atoms with van der Waals surface area (Å²) < 4.78 is 0. The molecule has 0 aromatic heterocycles. The summed E-state index contributed by atoms with van der Waals surface area (Å²) in [5, 5.41) is 5.68. The minimum Gasteiger partial charge on any atom is -0.314 e. The molecule has 2 saturated heterocycles. The van der Waals surface area contributed by atoms with Gasteiger partial charge in [-0.25, -0.2) is 0 Å². The fraction of sp³-hybridized carbons (Fsp3) is 0.818. The lowest BCUT2D eigenvalue weighted by Crippen LogP contribution is -2.53. The summed E-state index contributed by atoms with van der Waals surface area (Å²) >= 11 is 0. The van der Waals surface area contributed by atoms with E-state index >= 15 is 0 Å². The Balaban J connectivity index is 1.94. The van der Waals surface area contributed by atoms with Crippen LogP contribution in [0.3, 0.4) is 0 Å². The molecule has 2 fully saturated rings. The van der Waals surface area contributed by atoms with Gasteiger partial charge in [0.15, 0.2) is 0 Å². The predicted octanol–water partition coefficient (Wildman–Crippen LogP) is -0.525. The van der Waals surface area contributed by atoms with E-state index in [0.29, 0.717) is 6.42 Å². The molecule has 0 aromatic rings. The second-order valence-electron chi connectivity index (χ2n) is 4.98. The zero-order valence-corrected chi connectivity index (χ0v) is 9.88. The molecule has 16 heavy (non-hydrogen) atoms. The summed E-state index contributed by atoms with van der Waals surface area (Å²) in [6, 6.07) is -0.228. The number of nitrogens with zero attached hydrogens (tertiary/aromatic N) is 1. The Hall–Kier alpha value is -0.940. The van der Waals surface area contributed by atoms with E-state index in [-0.39, 0.29) is 23.4 Å². The lowest BCUT2D eigenvalue weighted by molar-refractivity contribution is -0.126. The molecule has 2 rings (SSSR count). The van der Waals surface area contributed by atoms with Crippen LogP contribution in [0.2, 0.25) is 0 Å². The Kier molecular flexibility index (Phi) is 2.99. The Labute approximate surface area is 95.6 Å². The monoisotopic (exact) mass is 225 g/mol. The molecule has 0 spiro atoms. The van der Waals surface area contributed by atoms with Gasteiger partial charge in [0.25, 0.3) is 0 Å². The smallest absolute Gasteiger partial charge is 0.244 e. The fourth-order valence-corrected chi connectivity index (χ4v) is 2.41. The molecule has 1 atom stereocenters. The Bertz CT molecular complexity index is 308. The van der Waals surface area contributed by atoms with Gasteiger partial charge in [0.2, 0.25) is 11.8 Å². The molecule has 0 radical (unpaired) electrons. The third kappa shape index (κ3) is 2.10. The van der Waals surface area contributed by atoms with E-state index in [2.05, 4.69) is 22.5 Å². The summed E-state index contributed by atoms with van der Waals surface area (Å²) in [5.74, 6) is -0.269. The molecule has 2 amide bonds. The van der Waals surface area contributed by atoms with Crippen LogP contribution in [0.4, 0.5) is 0 Å². The van der Waals surface area contributed by atoms with E-state index < -0.39 is 0 Å². The molecular formula is C11H19N3O2. The molecule has 1 unspecified atom stereocenters. The standard InChI is InChI=1S/C11H19N3O2/c1-11(12-2)3-5-14(6-4-11)8-7-9(15)13-10(8)16/h8,12H,3-7H2,1-2H3,(H,13,15,16). The van der Waals surface area contributed by atoms with Crippen molar-refractivity contribution in [2.75, 3.05) is 20.1 Å². The molecule has 0 aromatic carbocycles. The van der Waals surface area contributed by atoms with Crippen molar-refractivity contribution in [1.29, 1.82) is 0 Å². The van der Waals surface area contributed by atoms with Gasteiger partial charge in [-0.15, -0.1) is 0 Å². The van der Waals surface area contributed by atoms with Crippen LogP contribution < -0.4 is 10.6 Å². The van der Waals surface area contributed by atoms with Gasteiger partial charge in [0.1, 0.15) is 0 Å². The van der Waals surface area contributed by atoms with Crippen LogP contribution in [0.25, 0.3) is 0 Å². The van der Waals surface area contributed by atoms with E-state index in [1.54, 1.807) is 0 Å². The average Bonchev–Trinajstić information content (AvgIpc) is 2.59. The molecule has 2 aliphatic rings. The highest BCUT2D eigenvalue weighted by Gasteiger charge is 2.38. The zero-order valence-electron chi connectivity index (χ0n) is 9.88. The summed E-state index contributed by atoms with van der Waals surface area (Å²) in [5.41, 5.74) is 0.176. The van der Waals surface area contributed by atoms with Crippen LogP contribution in [0, 0.1) is 0 Å². The molecule has 5 nitrogen and oxygen atoms in total. The van der Waals surface area contributed by atoms with Crippen LogP contribution in [-0.2, 0) is 9.59 Å². The Morgan fingerprint density at radius 2 is 2.00 bits per heavy atom. The van der Waals surface area contributed by atoms with Crippen molar-refractivity contribution in [3.63, 3.8) is 0 Å². The number of amides is 2. The van der Waals surface area contributed by atoms with Crippen molar-refractivity contribution in [1.82, 2.24) is 15.5 Å². The van der Waals surface area contributed by atoms with E-state index in [1.807, 2.05) is 7.05 Å². The molecule has 2 aliphatic heterocycles. The number of likely N-dealkylation sites (tertiary alicyclic amines) is 1. The minimum absolute atomic E-state index is 0.127.